The molecule has 106 valence electrons. The number of hydrogen-bond donors (Lipinski definition) is 1. The normalized spacial score (nSPS) is 19.7. The molecule has 1 aliphatic rings. The number of halogens is 1. The molecule has 0 aromatic heterocycles. The van der Waals surface area contributed by atoms with Crippen molar-refractivity contribution in [1.82, 2.24) is 5.32 Å². The minimum atomic E-state index is -0.169. The van der Waals surface area contributed by atoms with Gasteiger partial charge < -0.3 is 15.0 Å². The molecule has 1 atom stereocenters. The number of ether oxygens (including phenoxy) is 1. The molecular weight excluding hydrogens is 243 g/mol. The van der Waals surface area contributed by atoms with Gasteiger partial charge in [0, 0.05) is 25.3 Å². The third-order valence-corrected chi connectivity index (χ3v) is 3.54. The van der Waals surface area contributed by atoms with E-state index in [1.165, 1.54) is 0 Å². The highest BCUT2D eigenvalue weighted by Crippen LogP contribution is 2.24. The minimum Gasteiger partial charge on any atom is -0.375 e. The summed E-state index contributed by atoms with van der Waals surface area (Å²) >= 11 is 0. The Balaban J connectivity index is 2.17. The van der Waals surface area contributed by atoms with E-state index >= 15 is 0 Å². The maximum Gasteiger partial charge on any atom is 0.123 e. The molecule has 0 spiro atoms. The van der Waals surface area contributed by atoms with Crippen LogP contribution in [0.15, 0.2) is 18.2 Å². The van der Waals surface area contributed by atoms with Crippen molar-refractivity contribution in [2.75, 3.05) is 31.1 Å². The maximum absolute atomic E-state index is 13.4. The number of morpholine rings is 1. The lowest BCUT2D eigenvalue weighted by atomic mass is 10.1. The summed E-state index contributed by atoms with van der Waals surface area (Å²) in [5, 5.41) is 3.27. The highest BCUT2D eigenvalue weighted by molar-refractivity contribution is 5.54. The van der Waals surface area contributed by atoms with Crippen molar-refractivity contribution in [3.63, 3.8) is 0 Å². The summed E-state index contributed by atoms with van der Waals surface area (Å²) in [5.41, 5.74) is 2.16. The largest absolute Gasteiger partial charge is 0.375 e. The van der Waals surface area contributed by atoms with Crippen molar-refractivity contribution in [3.8, 4) is 0 Å². The van der Waals surface area contributed by atoms with Crippen LogP contribution in [0.5, 0.6) is 0 Å². The molecular formula is C15H23FN2O. The van der Waals surface area contributed by atoms with Crippen LogP contribution in [-0.4, -0.2) is 32.3 Å². The van der Waals surface area contributed by atoms with E-state index in [0.717, 1.165) is 43.9 Å². The van der Waals surface area contributed by atoms with Gasteiger partial charge in [0.1, 0.15) is 5.82 Å². The van der Waals surface area contributed by atoms with Gasteiger partial charge >= 0.3 is 0 Å². The van der Waals surface area contributed by atoms with Crippen molar-refractivity contribution in [3.05, 3.63) is 29.6 Å². The zero-order valence-electron chi connectivity index (χ0n) is 11.8. The molecule has 4 heteroatoms. The molecule has 1 fully saturated rings. The first-order valence-electron chi connectivity index (χ1n) is 7.10. The summed E-state index contributed by atoms with van der Waals surface area (Å²) in [7, 11) is 0. The van der Waals surface area contributed by atoms with Crippen LogP contribution < -0.4 is 10.2 Å². The molecule has 1 heterocycles. The number of anilines is 1. The van der Waals surface area contributed by atoms with Crippen LogP contribution in [-0.2, 0) is 11.3 Å². The van der Waals surface area contributed by atoms with Crippen LogP contribution in [0.3, 0.4) is 0 Å². The molecule has 2 rings (SSSR count). The molecule has 0 aliphatic carbocycles. The highest BCUT2D eigenvalue weighted by atomic mass is 19.1. The van der Waals surface area contributed by atoms with Crippen LogP contribution in [0, 0.1) is 5.82 Å². The van der Waals surface area contributed by atoms with Gasteiger partial charge in [0.2, 0.25) is 0 Å². The lowest BCUT2D eigenvalue weighted by Crippen LogP contribution is -2.42. The van der Waals surface area contributed by atoms with Gasteiger partial charge in [-0.1, -0.05) is 13.8 Å². The van der Waals surface area contributed by atoms with E-state index in [1.807, 2.05) is 6.07 Å². The zero-order valence-corrected chi connectivity index (χ0v) is 11.8. The summed E-state index contributed by atoms with van der Waals surface area (Å²) in [6.07, 6.45) is 1.30. The highest BCUT2D eigenvalue weighted by Gasteiger charge is 2.21. The van der Waals surface area contributed by atoms with Crippen molar-refractivity contribution in [2.45, 2.75) is 32.9 Å². The second-order valence-electron chi connectivity index (χ2n) is 4.90. The van der Waals surface area contributed by atoms with E-state index in [-0.39, 0.29) is 11.9 Å². The minimum absolute atomic E-state index is 0.169. The molecule has 1 aromatic rings. The first-order chi connectivity index (χ1) is 9.24. The number of nitrogens with one attached hydrogen (secondary N) is 1. The molecule has 0 bridgehead atoms. The lowest BCUT2D eigenvalue weighted by Gasteiger charge is -2.35. The standard InChI is InChI=1S/C15H23FN2O/c1-3-14-11-18(7-8-19-14)15-6-5-13(16)9-12(15)10-17-4-2/h5-6,9,14,17H,3-4,7-8,10-11H2,1-2H3. The van der Waals surface area contributed by atoms with Gasteiger partial charge in [0.15, 0.2) is 0 Å². The van der Waals surface area contributed by atoms with Crippen LogP contribution >= 0.6 is 0 Å². The van der Waals surface area contributed by atoms with Crippen LogP contribution in [0.4, 0.5) is 10.1 Å². The Hall–Kier alpha value is -1.13. The number of benzene rings is 1. The molecule has 1 N–H and O–H groups in total. The summed E-state index contributed by atoms with van der Waals surface area (Å²) in [4.78, 5) is 2.31. The zero-order chi connectivity index (χ0) is 13.7. The predicted molar refractivity (Wildman–Crippen MR) is 76.0 cm³/mol. The van der Waals surface area contributed by atoms with Crippen LogP contribution in [0.1, 0.15) is 25.8 Å². The second kappa shape index (κ2) is 6.87. The molecule has 0 saturated carbocycles. The molecule has 0 amide bonds. The van der Waals surface area contributed by atoms with E-state index in [0.29, 0.717) is 6.54 Å². The van der Waals surface area contributed by atoms with Crippen molar-refractivity contribution >= 4 is 5.69 Å². The summed E-state index contributed by atoms with van der Waals surface area (Å²) in [5.74, 6) is -0.169. The molecule has 1 unspecified atom stereocenters. The predicted octanol–water partition coefficient (Wildman–Crippen LogP) is 2.55. The fraction of sp³-hybridized carbons (Fsp3) is 0.600. The fourth-order valence-electron chi connectivity index (χ4n) is 2.45. The average Bonchev–Trinajstić information content (AvgIpc) is 2.45. The Morgan fingerprint density at radius 3 is 3.00 bits per heavy atom. The number of nitrogens with zero attached hydrogens (tertiary/aromatic N) is 1. The topological polar surface area (TPSA) is 24.5 Å². The van der Waals surface area contributed by atoms with Gasteiger partial charge in [-0.05, 0) is 36.7 Å². The number of hydrogen-bond acceptors (Lipinski definition) is 3. The first kappa shape index (κ1) is 14.3. The molecule has 1 aromatic carbocycles. The van der Waals surface area contributed by atoms with Crippen LogP contribution in [0.25, 0.3) is 0 Å². The van der Waals surface area contributed by atoms with Gasteiger partial charge in [0.25, 0.3) is 0 Å². The first-order valence-corrected chi connectivity index (χ1v) is 7.10. The Morgan fingerprint density at radius 2 is 2.26 bits per heavy atom. The van der Waals surface area contributed by atoms with Crippen LogP contribution in [0.2, 0.25) is 0 Å². The van der Waals surface area contributed by atoms with Gasteiger partial charge in [0.05, 0.1) is 12.7 Å². The summed E-state index contributed by atoms with van der Waals surface area (Å²) in [6.45, 7) is 8.30. The van der Waals surface area contributed by atoms with Gasteiger partial charge in [-0.3, -0.25) is 0 Å². The lowest BCUT2D eigenvalue weighted by molar-refractivity contribution is 0.0384. The Kier molecular flexibility index (Phi) is 5.16. The van der Waals surface area contributed by atoms with Crippen molar-refractivity contribution < 1.29 is 9.13 Å². The SMILES string of the molecule is CCNCc1cc(F)ccc1N1CCOC(CC)C1. The fourth-order valence-corrected chi connectivity index (χ4v) is 2.45. The van der Waals surface area contributed by atoms with E-state index in [2.05, 4.69) is 24.1 Å². The van der Waals surface area contributed by atoms with Crippen molar-refractivity contribution in [2.24, 2.45) is 0 Å². The molecule has 19 heavy (non-hydrogen) atoms. The van der Waals surface area contributed by atoms with E-state index in [4.69, 9.17) is 4.74 Å². The average molecular weight is 266 g/mol. The van der Waals surface area contributed by atoms with Gasteiger partial charge in [-0.2, -0.15) is 0 Å². The summed E-state index contributed by atoms with van der Waals surface area (Å²) in [6, 6.07) is 5.07. The summed E-state index contributed by atoms with van der Waals surface area (Å²) < 4.78 is 19.1. The third kappa shape index (κ3) is 3.67. The molecule has 3 nitrogen and oxygen atoms in total. The third-order valence-electron chi connectivity index (χ3n) is 3.54. The molecule has 1 aliphatic heterocycles. The van der Waals surface area contributed by atoms with E-state index in [9.17, 15) is 4.39 Å². The Labute approximate surface area is 114 Å². The van der Waals surface area contributed by atoms with Gasteiger partial charge in [-0.25, -0.2) is 4.39 Å². The van der Waals surface area contributed by atoms with Gasteiger partial charge in [-0.15, -0.1) is 0 Å². The maximum atomic E-state index is 13.4. The Bertz CT molecular complexity index is 411. The molecule has 0 radical (unpaired) electrons. The van der Waals surface area contributed by atoms with E-state index < -0.39 is 0 Å². The smallest absolute Gasteiger partial charge is 0.123 e. The quantitative estimate of drug-likeness (QED) is 0.886. The second-order valence-corrected chi connectivity index (χ2v) is 4.90. The van der Waals surface area contributed by atoms with E-state index in [1.54, 1.807) is 12.1 Å². The molecule has 1 saturated heterocycles. The monoisotopic (exact) mass is 266 g/mol. The Morgan fingerprint density at radius 1 is 1.42 bits per heavy atom. The van der Waals surface area contributed by atoms with Crippen molar-refractivity contribution in [1.29, 1.82) is 0 Å². The number of rotatable bonds is 5.